The first kappa shape index (κ1) is 17.4. The van der Waals surface area contributed by atoms with Crippen molar-refractivity contribution in [3.63, 3.8) is 0 Å². The Kier molecular flexibility index (Phi) is 4.81. The number of hydrogen-bond donors (Lipinski definition) is 2. The summed E-state index contributed by atoms with van der Waals surface area (Å²) in [7, 11) is 0. The van der Waals surface area contributed by atoms with E-state index in [0.29, 0.717) is 23.9 Å². The largest absolute Gasteiger partial charge is 0.337 e. The van der Waals surface area contributed by atoms with Crippen molar-refractivity contribution in [2.24, 2.45) is 0 Å². The van der Waals surface area contributed by atoms with Crippen LogP contribution >= 0.6 is 0 Å². The van der Waals surface area contributed by atoms with Gasteiger partial charge in [0.15, 0.2) is 0 Å². The van der Waals surface area contributed by atoms with Gasteiger partial charge in [-0.2, -0.15) is 10.2 Å². The molecule has 4 rings (SSSR count). The third-order valence-electron chi connectivity index (χ3n) is 4.22. The van der Waals surface area contributed by atoms with Gasteiger partial charge in [-0.1, -0.05) is 36.4 Å². The van der Waals surface area contributed by atoms with Crippen LogP contribution in [0, 0.1) is 17.1 Å². The Balaban J connectivity index is 1.69. The molecule has 1 aromatic heterocycles. The van der Waals surface area contributed by atoms with Crippen molar-refractivity contribution >= 4 is 34.0 Å². The van der Waals surface area contributed by atoms with Crippen molar-refractivity contribution in [1.82, 2.24) is 9.97 Å². The van der Waals surface area contributed by atoms with Gasteiger partial charge in [0.25, 0.3) is 0 Å². The molecule has 3 aromatic carbocycles. The molecule has 136 valence electrons. The summed E-state index contributed by atoms with van der Waals surface area (Å²) in [4.78, 5) is 9.08. The maximum atomic E-state index is 14.1. The van der Waals surface area contributed by atoms with E-state index in [1.165, 1.54) is 6.07 Å². The van der Waals surface area contributed by atoms with E-state index in [2.05, 4.69) is 26.7 Å². The Labute approximate surface area is 161 Å². The molecular formula is C22H16FN5. The van der Waals surface area contributed by atoms with Gasteiger partial charge in [0, 0.05) is 11.1 Å². The highest BCUT2D eigenvalue weighted by molar-refractivity contribution is 5.92. The van der Waals surface area contributed by atoms with Crippen molar-refractivity contribution in [1.29, 1.82) is 5.26 Å². The van der Waals surface area contributed by atoms with Crippen LogP contribution in [0.1, 0.15) is 5.56 Å². The van der Waals surface area contributed by atoms with E-state index in [4.69, 9.17) is 5.26 Å². The van der Waals surface area contributed by atoms with E-state index in [1.807, 2.05) is 48.5 Å². The third kappa shape index (κ3) is 3.74. The molecule has 0 saturated carbocycles. The standard InChI is InChI=1S/C22H16FN5/c23-18-6-2-4-8-20(18)26-21-17-5-1-3-7-19(17)27-22(28-21)25-16-11-9-15(10-12-16)13-14-24/h1-12H,13H2,(H2,25,26,27,28). The van der Waals surface area contributed by atoms with Crippen molar-refractivity contribution in [2.75, 3.05) is 10.6 Å². The quantitative estimate of drug-likeness (QED) is 0.498. The molecular weight excluding hydrogens is 353 g/mol. The summed E-state index contributed by atoms with van der Waals surface area (Å²) in [5.74, 6) is 0.553. The number of nitrogens with one attached hydrogen (secondary N) is 2. The van der Waals surface area contributed by atoms with Crippen LogP contribution < -0.4 is 10.6 Å². The van der Waals surface area contributed by atoms with Crippen LogP contribution in [0.25, 0.3) is 10.9 Å². The molecule has 5 nitrogen and oxygen atoms in total. The average molecular weight is 369 g/mol. The predicted molar refractivity (Wildman–Crippen MR) is 108 cm³/mol. The molecule has 0 atom stereocenters. The molecule has 0 aliphatic carbocycles. The molecule has 4 aromatic rings. The normalized spacial score (nSPS) is 10.4. The van der Waals surface area contributed by atoms with Crippen LogP contribution in [0.3, 0.4) is 0 Å². The molecule has 6 heteroatoms. The first-order chi connectivity index (χ1) is 13.7. The lowest BCUT2D eigenvalue weighted by Gasteiger charge is -2.12. The van der Waals surface area contributed by atoms with Gasteiger partial charge >= 0.3 is 0 Å². The lowest BCUT2D eigenvalue weighted by atomic mass is 10.1. The van der Waals surface area contributed by atoms with Crippen molar-refractivity contribution < 1.29 is 4.39 Å². The molecule has 0 unspecified atom stereocenters. The van der Waals surface area contributed by atoms with Crippen LogP contribution in [-0.4, -0.2) is 9.97 Å². The molecule has 1 heterocycles. The highest BCUT2D eigenvalue weighted by atomic mass is 19.1. The first-order valence-corrected chi connectivity index (χ1v) is 8.74. The molecule has 0 spiro atoms. The second-order valence-corrected chi connectivity index (χ2v) is 6.17. The Morgan fingerprint density at radius 3 is 2.39 bits per heavy atom. The van der Waals surface area contributed by atoms with Crippen LogP contribution in [0.4, 0.5) is 27.5 Å². The summed E-state index contributed by atoms with van der Waals surface area (Å²) in [5.41, 5.74) is 2.82. The molecule has 0 aliphatic heterocycles. The second kappa shape index (κ2) is 7.72. The van der Waals surface area contributed by atoms with Gasteiger partial charge in [0.2, 0.25) is 5.95 Å². The number of benzene rings is 3. The first-order valence-electron chi connectivity index (χ1n) is 8.74. The van der Waals surface area contributed by atoms with Gasteiger partial charge in [-0.15, -0.1) is 0 Å². The molecule has 0 aliphatic rings. The Morgan fingerprint density at radius 1 is 0.857 bits per heavy atom. The number of nitrogens with zero attached hydrogens (tertiary/aromatic N) is 3. The van der Waals surface area contributed by atoms with Gasteiger partial charge in [0.05, 0.1) is 23.7 Å². The molecule has 0 radical (unpaired) electrons. The minimum atomic E-state index is -0.354. The van der Waals surface area contributed by atoms with Crippen molar-refractivity contribution in [3.8, 4) is 6.07 Å². The number of anilines is 4. The van der Waals surface area contributed by atoms with E-state index in [1.54, 1.807) is 18.2 Å². The average Bonchev–Trinajstić information content (AvgIpc) is 2.71. The van der Waals surface area contributed by atoms with Gasteiger partial charge in [-0.05, 0) is 42.0 Å². The summed E-state index contributed by atoms with van der Waals surface area (Å²) in [6.45, 7) is 0. The van der Waals surface area contributed by atoms with Crippen molar-refractivity contribution in [2.45, 2.75) is 6.42 Å². The molecule has 0 fully saturated rings. The predicted octanol–water partition coefficient (Wildman–Crippen LogP) is 5.32. The SMILES string of the molecule is N#CCc1ccc(Nc2nc(Nc3ccccc3F)c3ccccc3n2)cc1. The van der Waals surface area contributed by atoms with Gasteiger partial charge < -0.3 is 10.6 Å². The Morgan fingerprint density at radius 2 is 1.61 bits per heavy atom. The lowest BCUT2D eigenvalue weighted by molar-refractivity contribution is 0.632. The fourth-order valence-corrected chi connectivity index (χ4v) is 2.84. The summed E-state index contributed by atoms with van der Waals surface area (Å²) < 4.78 is 14.1. The fourth-order valence-electron chi connectivity index (χ4n) is 2.84. The Hall–Kier alpha value is -3.98. The summed E-state index contributed by atoms with van der Waals surface area (Å²) in [6, 6.07) is 23.6. The highest BCUT2D eigenvalue weighted by Gasteiger charge is 2.10. The van der Waals surface area contributed by atoms with Gasteiger partial charge in [-0.25, -0.2) is 9.37 Å². The monoisotopic (exact) mass is 369 g/mol. The van der Waals surface area contributed by atoms with Crippen LogP contribution in [-0.2, 0) is 6.42 Å². The number of aromatic nitrogens is 2. The van der Waals surface area contributed by atoms with Gasteiger partial charge in [-0.3, -0.25) is 0 Å². The molecule has 2 N–H and O–H groups in total. The second-order valence-electron chi connectivity index (χ2n) is 6.17. The highest BCUT2D eigenvalue weighted by Crippen LogP contribution is 2.27. The maximum absolute atomic E-state index is 14.1. The number of hydrogen-bond acceptors (Lipinski definition) is 5. The van der Waals surface area contributed by atoms with Crippen LogP contribution in [0.2, 0.25) is 0 Å². The van der Waals surface area contributed by atoms with E-state index in [9.17, 15) is 4.39 Å². The zero-order chi connectivity index (χ0) is 19.3. The third-order valence-corrected chi connectivity index (χ3v) is 4.22. The Bertz CT molecular complexity index is 1170. The van der Waals surface area contributed by atoms with E-state index in [0.717, 1.165) is 22.2 Å². The number of fused-ring (bicyclic) bond motifs is 1. The van der Waals surface area contributed by atoms with E-state index < -0.39 is 0 Å². The molecule has 0 amide bonds. The van der Waals surface area contributed by atoms with Crippen molar-refractivity contribution in [3.05, 3.63) is 84.2 Å². The zero-order valence-electron chi connectivity index (χ0n) is 14.9. The number of rotatable bonds is 5. The number of para-hydroxylation sites is 2. The van der Waals surface area contributed by atoms with Crippen LogP contribution in [0.15, 0.2) is 72.8 Å². The van der Waals surface area contributed by atoms with E-state index >= 15 is 0 Å². The molecule has 0 bridgehead atoms. The summed E-state index contributed by atoms with van der Waals surface area (Å²) in [5, 5.41) is 15.8. The fraction of sp³-hybridized carbons (Fsp3) is 0.0455. The maximum Gasteiger partial charge on any atom is 0.229 e. The summed E-state index contributed by atoms with van der Waals surface area (Å²) in [6.07, 6.45) is 0.365. The number of nitriles is 1. The smallest absolute Gasteiger partial charge is 0.229 e. The minimum Gasteiger partial charge on any atom is -0.337 e. The van der Waals surface area contributed by atoms with Gasteiger partial charge in [0.1, 0.15) is 11.6 Å². The summed E-state index contributed by atoms with van der Waals surface area (Å²) >= 11 is 0. The van der Waals surface area contributed by atoms with E-state index in [-0.39, 0.29) is 5.82 Å². The molecule has 0 saturated heterocycles. The number of halogens is 1. The topological polar surface area (TPSA) is 73.6 Å². The minimum absolute atomic E-state index is 0.346. The van der Waals surface area contributed by atoms with Crippen LogP contribution in [0.5, 0.6) is 0 Å². The zero-order valence-corrected chi connectivity index (χ0v) is 14.9. The lowest BCUT2D eigenvalue weighted by Crippen LogP contribution is -2.03. The molecule has 28 heavy (non-hydrogen) atoms.